The summed E-state index contributed by atoms with van der Waals surface area (Å²) in [6.07, 6.45) is 1.62. The smallest absolute Gasteiger partial charge is 0.244 e. The molecule has 0 aromatic carbocycles. The van der Waals surface area contributed by atoms with Crippen molar-refractivity contribution >= 4 is 21.6 Å². The molecule has 1 rings (SSSR count). The van der Waals surface area contributed by atoms with Crippen molar-refractivity contribution < 1.29 is 8.42 Å². The number of aromatic nitrogens is 1. The Morgan fingerprint density at radius 2 is 2.00 bits per heavy atom. The van der Waals surface area contributed by atoms with Gasteiger partial charge < -0.3 is 9.47 Å². The number of hydrogen-bond acceptors (Lipinski definition) is 3. The zero-order valence-corrected chi connectivity index (χ0v) is 14.4. The average molecular weight is 322 g/mol. The quantitative estimate of drug-likeness (QED) is 0.718. The second-order valence-electron chi connectivity index (χ2n) is 5.23. The highest BCUT2D eigenvalue weighted by Crippen LogP contribution is 2.21. The number of aryl methyl sites for hydroxylation is 1. The van der Waals surface area contributed by atoms with Crippen LogP contribution < -0.4 is 0 Å². The first-order valence-electron chi connectivity index (χ1n) is 6.61. The number of likely N-dealkylation sites (N-methyl/N-ethyl adjacent to an activating group) is 2. The van der Waals surface area contributed by atoms with E-state index in [4.69, 9.17) is 11.6 Å². The summed E-state index contributed by atoms with van der Waals surface area (Å²) in [7, 11) is 2.19. The summed E-state index contributed by atoms with van der Waals surface area (Å²) >= 11 is 5.80. The van der Waals surface area contributed by atoms with Gasteiger partial charge in [0.2, 0.25) is 10.0 Å². The van der Waals surface area contributed by atoms with E-state index >= 15 is 0 Å². The molecule has 1 unspecified atom stereocenters. The lowest BCUT2D eigenvalue weighted by atomic mass is 10.3. The van der Waals surface area contributed by atoms with Gasteiger partial charge in [-0.15, -0.1) is 11.6 Å². The number of sulfonamides is 1. The van der Waals surface area contributed by atoms with Gasteiger partial charge in [-0.2, -0.15) is 4.31 Å². The van der Waals surface area contributed by atoms with Crippen LogP contribution in [0.1, 0.15) is 19.5 Å². The van der Waals surface area contributed by atoms with E-state index in [1.54, 1.807) is 23.9 Å². The van der Waals surface area contributed by atoms with E-state index < -0.39 is 10.0 Å². The third-order valence-electron chi connectivity index (χ3n) is 3.26. The minimum atomic E-state index is -3.48. The predicted octanol–water partition coefficient (Wildman–Crippen LogP) is 1.72. The fourth-order valence-corrected chi connectivity index (χ4v) is 4.32. The van der Waals surface area contributed by atoms with Crippen LogP contribution in [0.15, 0.2) is 17.2 Å². The van der Waals surface area contributed by atoms with E-state index in [2.05, 4.69) is 0 Å². The second-order valence-corrected chi connectivity index (χ2v) is 7.39. The molecular weight excluding hydrogens is 298 g/mol. The summed E-state index contributed by atoms with van der Waals surface area (Å²) in [5.41, 5.74) is 0.793. The van der Waals surface area contributed by atoms with Gasteiger partial charge in [0.05, 0.1) is 5.88 Å². The molecule has 1 atom stereocenters. The fourth-order valence-electron chi connectivity index (χ4n) is 2.32. The number of nitrogens with zero attached hydrogens (tertiary/aromatic N) is 3. The second kappa shape index (κ2) is 6.93. The van der Waals surface area contributed by atoms with E-state index in [-0.39, 0.29) is 6.04 Å². The normalized spacial score (nSPS) is 14.2. The van der Waals surface area contributed by atoms with E-state index in [9.17, 15) is 8.42 Å². The molecule has 20 heavy (non-hydrogen) atoms. The molecule has 7 heteroatoms. The summed E-state index contributed by atoms with van der Waals surface area (Å²) < 4.78 is 28.7. The van der Waals surface area contributed by atoms with Crippen molar-refractivity contribution in [3.05, 3.63) is 18.0 Å². The van der Waals surface area contributed by atoms with Crippen LogP contribution in [0.3, 0.4) is 0 Å². The van der Waals surface area contributed by atoms with Gasteiger partial charge in [-0.1, -0.05) is 6.92 Å². The Labute approximate surface area is 127 Å². The van der Waals surface area contributed by atoms with Crippen LogP contribution in [0.4, 0.5) is 0 Å². The maximum atomic E-state index is 12.7. The van der Waals surface area contributed by atoms with Gasteiger partial charge >= 0.3 is 0 Å². The van der Waals surface area contributed by atoms with Gasteiger partial charge in [-0.25, -0.2) is 8.42 Å². The molecule has 0 N–H and O–H groups in total. The van der Waals surface area contributed by atoms with Crippen LogP contribution in [0.5, 0.6) is 0 Å². The lowest BCUT2D eigenvalue weighted by Crippen LogP contribution is -2.43. The molecule has 0 radical (unpaired) electrons. The van der Waals surface area contributed by atoms with E-state index in [0.717, 1.165) is 5.69 Å². The third kappa shape index (κ3) is 3.75. The highest BCUT2D eigenvalue weighted by Gasteiger charge is 2.29. The van der Waals surface area contributed by atoms with Crippen LogP contribution in [0.25, 0.3) is 0 Å². The van der Waals surface area contributed by atoms with E-state index in [1.165, 1.54) is 4.31 Å². The molecular formula is C13H24ClN3O2S. The fraction of sp³-hybridized carbons (Fsp3) is 0.692. The van der Waals surface area contributed by atoms with Gasteiger partial charge in [0, 0.05) is 38.1 Å². The van der Waals surface area contributed by atoms with Crippen LogP contribution in [-0.2, 0) is 23.0 Å². The molecule has 0 aliphatic carbocycles. The number of halogens is 1. The highest BCUT2D eigenvalue weighted by molar-refractivity contribution is 7.89. The van der Waals surface area contributed by atoms with E-state index in [0.29, 0.717) is 23.9 Å². The van der Waals surface area contributed by atoms with Crippen molar-refractivity contribution in [2.45, 2.75) is 30.7 Å². The number of alkyl halides is 1. The first-order valence-corrected chi connectivity index (χ1v) is 8.59. The van der Waals surface area contributed by atoms with Crippen molar-refractivity contribution in [2.24, 2.45) is 7.05 Å². The van der Waals surface area contributed by atoms with Gasteiger partial charge in [-0.05, 0) is 27.1 Å². The highest BCUT2D eigenvalue weighted by atomic mass is 35.5. The Bertz CT molecular complexity index is 540. The van der Waals surface area contributed by atoms with Gasteiger partial charge in [0.25, 0.3) is 0 Å². The molecule has 0 saturated heterocycles. The molecule has 1 heterocycles. The molecule has 0 saturated carbocycles. The molecule has 0 spiro atoms. The Balaban J connectivity index is 3.11. The zero-order valence-electron chi connectivity index (χ0n) is 12.8. The van der Waals surface area contributed by atoms with Crippen LogP contribution in [-0.4, -0.2) is 55.4 Å². The van der Waals surface area contributed by atoms with Crippen molar-refractivity contribution in [3.63, 3.8) is 0 Å². The monoisotopic (exact) mass is 321 g/mol. The summed E-state index contributed by atoms with van der Waals surface area (Å²) in [6.45, 7) is 4.91. The zero-order chi connectivity index (χ0) is 15.5. The molecule has 5 nitrogen and oxygen atoms in total. The van der Waals surface area contributed by atoms with Gasteiger partial charge in [-0.3, -0.25) is 0 Å². The molecule has 0 aliphatic heterocycles. The first kappa shape index (κ1) is 17.5. The minimum absolute atomic E-state index is 0.0837. The lowest BCUT2D eigenvalue weighted by Gasteiger charge is -2.28. The Hall–Kier alpha value is -0.560. The standard InChI is InChI=1S/C13H24ClN3O2S/c1-6-17(11(2)9-15(3)4)20(18,19)13-7-12(8-14)16(5)10-13/h7,10-11H,6,8-9H2,1-5H3. The molecule has 116 valence electrons. The minimum Gasteiger partial charge on any atom is -0.352 e. The predicted molar refractivity (Wildman–Crippen MR) is 82.6 cm³/mol. The van der Waals surface area contributed by atoms with Crippen molar-refractivity contribution in [3.8, 4) is 0 Å². The molecule has 0 fully saturated rings. The maximum Gasteiger partial charge on any atom is 0.244 e. The molecule has 0 amide bonds. The van der Waals surface area contributed by atoms with Crippen molar-refractivity contribution in [2.75, 3.05) is 27.2 Å². The Morgan fingerprint density at radius 1 is 1.40 bits per heavy atom. The van der Waals surface area contributed by atoms with Crippen molar-refractivity contribution in [1.82, 2.24) is 13.8 Å². The van der Waals surface area contributed by atoms with Crippen LogP contribution in [0.2, 0.25) is 0 Å². The van der Waals surface area contributed by atoms with E-state index in [1.807, 2.05) is 32.8 Å². The average Bonchev–Trinajstić information content (AvgIpc) is 2.70. The maximum absolute atomic E-state index is 12.7. The van der Waals surface area contributed by atoms with Gasteiger partial charge in [0.1, 0.15) is 4.90 Å². The summed E-state index contributed by atoms with van der Waals surface area (Å²) in [5.74, 6) is 0.297. The first-order chi connectivity index (χ1) is 9.23. The van der Waals surface area contributed by atoms with Crippen LogP contribution >= 0.6 is 11.6 Å². The van der Waals surface area contributed by atoms with Crippen molar-refractivity contribution in [1.29, 1.82) is 0 Å². The topological polar surface area (TPSA) is 45.6 Å². The van der Waals surface area contributed by atoms with Crippen LogP contribution in [0, 0.1) is 0 Å². The largest absolute Gasteiger partial charge is 0.352 e. The molecule has 0 aliphatic rings. The van der Waals surface area contributed by atoms with Gasteiger partial charge in [0.15, 0.2) is 0 Å². The Morgan fingerprint density at radius 3 is 2.40 bits per heavy atom. The number of hydrogen-bond donors (Lipinski definition) is 0. The lowest BCUT2D eigenvalue weighted by molar-refractivity contribution is 0.271. The Kier molecular flexibility index (Phi) is 6.06. The summed E-state index contributed by atoms with van der Waals surface area (Å²) in [4.78, 5) is 2.29. The summed E-state index contributed by atoms with van der Waals surface area (Å²) in [5, 5.41) is 0. The number of rotatable bonds is 7. The molecule has 0 bridgehead atoms. The summed E-state index contributed by atoms with van der Waals surface area (Å²) in [6, 6.07) is 1.56. The molecule has 1 aromatic rings. The SMILES string of the molecule is CCN(C(C)CN(C)C)S(=O)(=O)c1cc(CCl)n(C)c1. The third-order valence-corrected chi connectivity index (χ3v) is 5.59. The molecule has 1 aromatic heterocycles.